The molecule has 5 rings (SSSR count). The number of anilines is 1. The lowest BCUT2D eigenvalue weighted by atomic mass is 10.1. The van der Waals surface area contributed by atoms with E-state index in [9.17, 15) is 4.79 Å². The van der Waals surface area contributed by atoms with Gasteiger partial charge < -0.3 is 18.9 Å². The molecule has 1 aliphatic heterocycles. The maximum atomic E-state index is 13.0. The highest BCUT2D eigenvalue weighted by Gasteiger charge is 2.34. The third kappa shape index (κ3) is 5.33. The Morgan fingerprint density at radius 2 is 1.76 bits per heavy atom. The van der Waals surface area contributed by atoms with Crippen LogP contribution in [0.5, 0.6) is 11.5 Å². The summed E-state index contributed by atoms with van der Waals surface area (Å²) in [6.45, 7) is 8.96. The Morgan fingerprint density at radius 1 is 0.946 bits per heavy atom. The van der Waals surface area contributed by atoms with Gasteiger partial charge in [0, 0.05) is 31.1 Å². The molecule has 6 nitrogen and oxygen atoms in total. The average molecular weight is 498 g/mol. The Labute approximate surface area is 218 Å². The van der Waals surface area contributed by atoms with Gasteiger partial charge in [0.15, 0.2) is 0 Å². The van der Waals surface area contributed by atoms with Crippen molar-refractivity contribution in [2.75, 3.05) is 24.7 Å². The summed E-state index contributed by atoms with van der Waals surface area (Å²) in [6.07, 6.45) is 2.38. The zero-order valence-corrected chi connectivity index (χ0v) is 21.9. The van der Waals surface area contributed by atoms with Crippen LogP contribution in [0.3, 0.4) is 0 Å². The molecule has 1 aromatic heterocycles. The normalized spacial score (nSPS) is 15.5. The third-order valence-corrected chi connectivity index (χ3v) is 7.22. The second-order valence-electron chi connectivity index (χ2n) is 9.70. The van der Waals surface area contributed by atoms with Gasteiger partial charge in [0.2, 0.25) is 5.91 Å². The van der Waals surface area contributed by atoms with Crippen LogP contribution in [-0.4, -0.2) is 35.2 Å². The van der Waals surface area contributed by atoms with Crippen LogP contribution in [0.15, 0.2) is 66.7 Å². The van der Waals surface area contributed by atoms with Crippen molar-refractivity contribution >= 4 is 22.6 Å². The fourth-order valence-electron chi connectivity index (χ4n) is 5.09. The van der Waals surface area contributed by atoms with Gasteiger partial charge in [-0.25, -0.2) is 4.98 Å². The lowest BCUT2D eigenvalue weighted by molar-refractivity contribution is -0.117. The molecule has 1 amide bonds. The SMILES string of the molecule is CCOc1ccc(N2CC(c3nc4ccccc4n3CCCCOc3cccc(C)c3C)CC2=O)cc1. The number of unbranched alkanes of at least 4 members (excludes halogenated alkanes) is 1. The molecule has 0 spiro atoms. The Hall–Kier alpha value is -3.80. The van der Waals surface area contributed by atoms with E-state index in [2.05, 4.69) is 42.7 Å². The number of para-hydroxylation sites is 2. The summed E-state index contributed by atoms with van der Waals surface area (Å²) in [4.78, 5) is 19.9. The van der Waals surface area contributed by atoms with Gasteiger partial charge in [-0.2, -0.15) is 0 Å². The second kappa shape index (κ2) is 11.1. The molecule has 0 saturated carbocycles. The molecular formula is C31H35N3O3. The van der Waals surface area contributed by atoms with E-state index in [-0.39, 0.29) is 11.8 Å². The van der Waals surface area contributed by atoms with Gasteiger partial charge in [0.25, 0.3) is 0 Å². The fourth-order valence-corrected chi connectivity index (χ4v) is 5.09. The molecule has 37 heavy (non-hydrogen) atoms. The summed E-state index contributed by atoms with van der Waals surface area (Å²) in [5.41, 5.74) is 5.46. The Balaban J connectivity index is 1.28. The summed E-state index contributed by atoms with van der Waals surface area (Å²) >= 11 is 0. The Bertz CT molecular complexity index is 1380. The minimum atomic E-state index is 0.0534. The molecule has 1 atom stereocenters. The minimum absolute atomic E-state index is 0.0534. The summed E-state index contributed by atoms with van der Waals surface area (Å²) < 4.78 is 13.9. The summed E-state index contributed by atoms with van der Waals surface area (Å²) in [7, 11) is 0. The van der Waals surface area contributed by atoms with Gasteiger partial charge in [-0.1, -0.05) is 24.3 Å². The van der Waals surface area contributed by atoms with Crippen molar-refractivity contribution in [1.82, 2.24) is 9.55 Å². The number of hydrogen-bond acceptors (Lipinski definition) is 4. The van der Waals surface area contributed by atoms with Crippen molar-refractivity contribution < 1.29 is 14.3 Å². The molecule has 6 heteroatoms. The lowest BCUT2D eigenvalue weighted by Crippen LogP contribution is -2.24. The van der Waals surface area contributed by atoms with Gasteiger partial charge in [0.1, 0.15) is 17.3 Å². The van der Waals surface area contributed by atoms with Gasteiger partial charge in [-0.05, 0) is 87.2 Å². The van der Waals surface area contributed by atoms with Crippen LogP contribution in [0.1, 0.15) is 49.1 Å². The van der Waals surface area contributed by atoms with Gasteiger partial charge in [-0.3, -0.25) is 4.79 Å². The fraction of sp³-hybridized carbons (Fsp3) is 0.355. The van der Waals surface area contributed by atoms with Crippen LogP contribution < -0.4 is 14.4 Å². The molecule has 0 radical (unpaired) electrons. The van der Waals surface area contributed by atoms with Crippen molar-refractivity contribution in [3.05, 3.63) is 83.7 Å². The zero-order valence-electron chi connectivity index (χ0n) is 21.9. The molecule has 1 saturated heterocycles. The van der Waals surface area contributed by atoms with E-state index in [1.54, 1.807) is 0 Å². The first-order valence-corrected chi connectivity index (χ1v) is 13.2. The van der Waals surface area contributed by atoms with Crippen LogP contribution in [0.4, 0.5) is 5.69 Å². The minimum Gasteiger partial charge on any atom is -0.494 e. The van der Waals surface area contributed by atoms with E-state index in [1.807, 2.05) is 54.3 Å². The first kappa shape index (κ1) is 24.9. The first-order valence-electron chi connectivity index (χ1n) is 13.2. The second-order valence-corrected chi connectivity index (χ2v) is 9.70. The highest BCUT2D eigenvalue weighted by Crippen LogP contribution is 2.34. The highest BCUT2D eigenvalue weighted by atomic mass is 16.5. The maximum Gasteiger partial charge on any atom is 0.227 e. The number of aromatic nitrogens is 2. The van der Waals surface area contributed by atoms with Crippen molar-refractivity contribution in [2.24, 2.45) is 0 Å². The Kier molecular flexibility index (Phi) is 7.45. The van der Waals surface area contributed by atoms with E-state index >= 15 is 0 Å². The van der Waals surface area contributed by atoms with Crippen molar-refractivity contribution in [3.8, 4) is 11.5 Å². The largest absolute Gasteiger partial charge is 0.494 e. The number of nitrogens with zero attached hydrogens (tertiary/aromatic N) is 3. The number of aryl methyl sites for hydroxylation is 2. The van der Waals surface area contributed by atoms with Gasteiger partial charge in [-0.15, -0.1) is 0 Å². The van der Waals surface area contributed by atoms with E-state index in [1.165, 1.54) is 11.1 Å². The van der Waals surface area contributed by atoms with Crippen molar-refractivity contribution in [2.45, 2.75) is 52.5 Å². The molecule has 1 fully saturated rings. The van der Waals surface area contributed by atoms with Crippen molar-refractivity contribution in [3.63, 3.8) is 0 Å². The number of carbonyl (C=O) groups excluding carboxylic acids is 1. The molecule has 2 heterocycles. The van der Waals surface area contributed by atoms with Crippen molar-refractivity contribution in [1.29, 1.82) is 0 Å². The summed E-state index contributed by atoms with van der Waals surface area (Å²) in [5, 5.41) is 0. The number of imidazole rings is 1. The number of ether oxygens (including phenoxy) is 2. The molecular weight excluding hydrogens is 462 g/mol. The molecule has 0 bridgehead atoms. The Morgan fingerprint density at radius 3 is 2.57 bits per heavy atom. The molecule has 4 aromatic rings. The number of rotatable bonds is 10. The number of benzene rings is 3. The first-order chi connectivity index (χ1) is 18.0. The number of hydrogen-bond donors (Lipinski definition) is 0. The zero-order chi connectivity index (χ0) is 25.8. The standard InChI is InChI=1S/C31H35N3O3/c1-4-36-26-16-14-25(15-17-26)34-21-24(20-30(34)35)31-32-27-11-5-6-12-28(27)33(31)18-7-8-19-37-29-13-9-10-22(2)23(29)3/h5-6,9-17,24H,4,7-8,18-21H2,1-3H3. The predicted molar refractivity (Wildman–Crippen MR) is 148 cm³/mol. The molecule has 1 unspecified atom stereocenters. The average Bonchev–Trinajstić information content (AvgIpc) is 3.47. The third-order valence-electron chi connectivity index (χ3n) is 7.22. The maximum absolute atomic E-state index is 13.0. The van der Waals surface area contributed by atoms with Gasteiger partial charge >= 0.3 is 0 Å². The van der Waals surface area contributed by atoms with Crippen LogP contribution >= 0.6 is 0 Å². The number of amides is 1. The molecule has 192 valence electrons. The predicted octanol–water partition coefficient (Wildman–Crippen LogP) is 6.43. The quantitative estimate of drug-likeness (QED) is 0.237. The number of fused-ring (bicyclic) bond motifs is 1. The number of carbonyl (C=O) groups is 1. The molecule has 3 aromatic carbocycles. The van der Waals surface area contributed by atoms with E-state index in [0.717, 1.165) is 53.4 Å². The monoisotopic (exact) mass is 497 g/mol. The summed E-state index contributed by atoms with van der Waals surface area (Å²) in [6, 6.07) is 22.2. The topological polar surface area (TPSA) is 56.6 Å². The molecule has 1 aliphatic rings. The van der Waals surface area contributed by atoms with E-state index in [0.29, 0.717) is 26.2 Å². The van der Waals surface area contributed by atoms with Crippen LogP contribution in [0.25, 0.3) is 11.0 Å². The lowest BCUT2D eigenvalue weighted by Gasteiger charge is -2.18. The molecule has 0 aliphatic carbocycles. The molecule has 0 N–H and O–H groups in total. The highest BCUT2D eigenvalue weighted by molar-refractivity contribution is 5.96. The van der Waals surface area contributed by atoms with Gasteiger partial charge in [0.05, 0.1) is 24.2 Å². The van der Waals surface area contributed by atoms with E-state index < -0.39 is 0 Å². The summed E-state index contributed by atoms with van der Waals surface area (Å²) in [5.74, 6) is 2.97. The van der Waals surface area contributed by atoms with Crippen LogP contribution in [-0.2, 0) is 11.3 Å². The van der Waals surface area contributed by atoms with Crippen LogP contribution in [0.2, 0.25) is 0 Å². The smallest absolute Gasteiger partial charge is 0.227 e. The van der Waals surface area contributed by atoms with Crippen LogP contribution in [0, 0.1) is 13.8 Å². The van der Waals surface area contributed by atoms with E-state index in [4.69, 9.17) is 14.5 Å².